The van der Waals surface area contributed by atoms with Crippen molar-refractivity contribution in [2.24, 2.45) is 11.8 Å². The minimum atomic E-state index is 0.717. The van der Waals surface area contributed by atoms with Crippen molar-refractivity contribution in [2.75, 3.05) is 20.1 Å². The Kier molecular flexibility index (Phi) is 6.83. The molecule has 1 unspecified atom stereocenters. The first-order chi connectivity index (χ1) is 9.70. The normalized spacial score (nSPS) is 23.9. The van der Waals surface area contributed by atoms with E-state index < -0.39 is 0 Å². The molecule has 2 rings (SSSR count). The van der Waals surface area contributed by atoms with Crippen LogP contribution in [-0.4, -0.2) is 37.1 Å². The van der Waals surface area contributed by atoms with Crippen LogP contribution < -0.4 is 5.32 Å². The van der Waals surface area contributed by atoms with E-state index in [-0.39, 0.29) is 0 Å². The van der Waals surface area contributed by atoms with Crippen LogP contribution in [0.5, 0.6) is 0 Å². The molecule has 0 heterocycles. The Morgan fingerprint density at radius 3 is 2.05 bits per heavy atom. The Morgan fingerprint density at radius 1 is 0.900 bits per heavy atom. The molecule has 0 radical (unpaired) electrons. The molecule has 0 aliphatic heterocycles. The van der Waals surface area contributed by atoms with E-state index in [0.717, 1.165) is 23.9 Å². The van der Waals surface area contributed by atoms with Crippen LogP contribution in [0, 0.1) is 11.8 Å². The lowest BCUT2D eigenvalue weighted by Gasteiger charge is -2.37. The highest BCUT2D eigenvalue weighted by molar-refractivity contribution is 4.85. The Bertz CT molecular complexity index is 252. The smallest absolute Gasteiger partial charge is 0.0220 e. The molecule has 2 fully saturated rings. The second-order valence-electron chi connectivity index (χ2n) is 7.58. The van der Waals surface area contributed by atoms with Gasteiger partial charge in [-0.2, -0.15) is 0 Å². The fourth-order valence-corrected chi connectivity index (χ4v) is 4.38. The summed E-state index contributed by atoms with van der Waals surface area (Å²) in [5.41, 5.74) is 0. The van der Waals surface area contributed by atoms with Crippen molar-refractivity contribution in [3.63, 3.8) is 0 Å². The molecule has 1 atom stereocenters. The largest absolute Gasteiger partial charge is 0.315 e. The average molecular weight is 280 g/mol. The number of nitrogens with zero attached hydrogens (tertiary/aromatic N) is 1. The molecular formula is C18H36N2. The molecule has 20 heavy (non-hydrogen) atoms. The second kappa shape index (κ2) is 8.38. The molecule has 0 bridgehead atoms. The van der Waals surface area contributed by atoms with E-state index in [2.05, 4.69) is 31.1 Å². The van der Waals surface area contributed by atoms with E-state index in [1.165, 1.54) is 70.9 Å². The SMILES string of the molecule is CNC(CN(CC(C)C)C1CCCC1)C1CCCCC1. The number of hydrogen-bond acceptors (Lipinski definition) is 2. The average Bonchev–Trinajstić information content (AvgIpc) is 2.98. The van der Waals surface area contributed by atoms with E-state index in [9.17, 15) is 0 Å². The molecule has 0 aromatic rings. The molecule has 0 aromatic carbocycles. The summed E-state index contributed by atoms with van der Waals surface area (Å²) in [6.07, 6.45) is 13.1. The lowest BCUT2D eigenvalue weighted by molar-refractivity contribution is 0.133. The van der Waals surface area contributed by atoms with Crippen molar-refractivity contribution < 1.29 is 0 Å². The minimum absolute atomic E-state index is 0.717. The van der Waals surface area contributed by atoms with Crippen LogP contribution in [0.15, 0.2) is 0 Å². The fourth-order valence-electron chi connectivity index (χ4n) is 4.38. The topological polar surface area (TPSA) is 15.3 Å². The first-order valence-corrected chi connectivity index (χ1v) is 9.12. The summed E-state index contributed by atoms with van der Waals surface area (Å²) in [5.74, 6) is 1.71. The van der Waals surface area contributed by atoms with E-state index in [1.807, 2.05) is 0 Å². The van der Waals surface area contributed by atoms with Crippen molar-refractivity contribution in [1.29, 1.82) is 0 Å². The van der Waals surface area contributed by atoms with Crippen LogP contribution in [0.2, 0.25) is 0 Å². The van der Waals surface area contributed by atoms with Crippen molar-refractivity contribution in [1.82, 2.24) is 10.2 Å². The minimum Gasteiger partial charge on any atom is -0.315 e. The summed E-state index contributed by atoms with van der Waals surface area (Å²) in [5, 5.41) is 3.66. The van der Waals surface area contributed by atoms with E-state index in [1.54, 1.807) is 0 Å². The highest BCUT2D eigenvalue weighted by atomic mass is 15.2. The number of rotatable bonds is 7. The van der Waals surface area contributed by atoms with Crippen LogP contribution >= 0.6 is 0 Å². The first-order valence-electron chi connectivity index (χ1n) is 9.12. The molecular weight excluding hydrogens is 244 g/mol. The maximum absolute atomic E-state index is 3.66. The quantitative estimate of drug-likeness (QED) is 0.756. The van der Waals surface area contributed by atoms with Crippen molar-refractivity contribution >= 4 is 0 Å². The van der Waals surface area contributed by atoms with Gasteiger partial charge in [0.25, 0.3) is 0 Å². The molecule has 118 valence electrons. The second-order valence-corrected chi connectivity index (χ2v) is 7.58. The van der Waals surface area contributed by atoms with Crippen LogP contribution in [0.25, 0.3) is 0 Å². The van der Waals surface area contributed by atoms with E-state index in [0.29, 0.717) is 0 Å². The predicted octanol–water partition coefficient (Wildman–Crippen LogP) is 4.06. The zero-order chi connectivity index (χ0) is 14.4. The van der Waals surface area contributed by atoms with E-state index in [4.69, 9.17) is 0 Å². The summed E-state index contributed by atoms with van der Waals surface area (Å²) in [4.78, 5) is 2.83. The Morgan fingerprint density at radius 2 is 1.50 bits per heavy atom. The lowest BCUT2D eigenvalue weighted by Crippen LogP contribution is -2.48. The summed E-state index contributed by atoms with van der Waals surface area (Å²) < 4.78 is 0. The standard InChI is InChI=1S/C18H36N2/c1-15(2)13-20(17-11-7-8-12-17)14-18(19-3)16-9-5-4-6-10-16/h15-19H,4-14H2,1-3H3. The van der Waals surface area contributed by atoms with Gasteiger partial charge in [-0.25, -0.2) is 0 Å². The van der Waals surface area contributed by atoms with Crippen molar-refractivity contribution in [3.8, 4) is 0 Å². The van der Waals surface area contributed by atoms with Crippen LogP contribution in [-0.2, 0) is 0 Å². The monoisotopic (exact) mass is 280 g/mol. The molecule has 2 heteroatoms. The summed E-state index contributed by atoms with van der Waals surface area (Å²) in [6.45, 7) is 7.31. The van der Waals surface area contributed by atoms with Gasteiger partial charge in [0.2, 0.25) is 0 Å². The van der Waals surface area contributed by atoms with Gasteiger partial charge in [-0.1, -0.05) is 46.0 Å². The predicted molar refractivity (Wildman–Crippen MR) is 88.1 cm³/mol. The van der Waals surface area contributed by atoms with Gasteiger partial charge in [0.1, 0.15) is 0 Å². The van der Waals surface area contributed by atoms with Crippen LogP contribution in [0.3, 0.4) is 0 Å². The zero-order valence-electron chi connectivity index (χ0n) is 14.0. The van der Waals surface area contributed by atoms with Crippen molar-refractivity contribution in [3.05, 3.63) is 0 Å². The maximum atomic E-state index is 3.66. The Hall–Kier alpha value is -0.0800. The third kappa shape index (κ3) is 4.73. The van der Waals surface area contributed by atoms with Gasteiger partial charge >= 0.3 is 0 Å². The molecule has 1 N–H and O–H groups in total. The first kappa shape index (κ1) is 16.3. The van der Waals surface area contributed by atoms with Gasteiger partial charge < -0.3 is 5.32 Å². The van der Waals surface area contributed by atoms with Gasteiger partial charge in [0.15, 0.2) is 0 Å². The zero-order valence-corrected chi connectivity index (χ0v) is 14.0. The molecule has 2 aliphatic carbocycles. The molecule has 0 aromatic heterocycles. The van der Waals surface area contributed by atoms with Gasteiger partial charge in [-0.15, -0.1) is 0 Å². The highest BCUT2D eigenvalue weighted by Crippen LogP contribution is 2.29. The molecule has 0 amide bonds. The van der Waals surface area contributed by atoms with Gasteiger partial charge in [-0.3, -0.25) is 4.90 Å². The van der Waals surface area contributed by atoms with Crippen LogP contribution in [0.4, 0.5) is 0 Å². The van der Waals surface area contributed by atoms with Gasteiger partial charge in [0.05, 0.1) is 0 Å². The fraction of sp³-hybridized carbons (Fsp3) is 1.00. The van der Waals surface area contributed by atoms with Crippen molar-refractivity contribution in [2.45, 2.75) is 83.7 Å². The summed E-state index contributed by atoms with van der Waals surface area (Å²) in [6, 6.07) is 1.59. The summed E-state index contributed by atoms with van der Waals surface area (Å²) >= 11 is 0. The number of likely N-dealkylation sites (N-methyl/N-ethyl adjacent to an activating group) is 1. The molecule has 0 saturated heterocycles. The molecule has 0 spiro atoms. The Balaban J connectivity index is 1.92. The summed E-state index contributed by atoms with van der Waals surface area (Å²) in [7, 11) is 2.18. The third-order valence-electron chi connectivity index (χ3n) is 5.46. The van der Waals surface area contributed by atoms with Gasteiger partial charge in [-0.05, 0) is 44.6 Å². The number of nitrogens with one attached hydrogen (secondary N) is 1. The Labute approximate surface area is 126 Å². The van der Waals surface area contributed by atoms with Crippen LogP contribution in [0.1, 0.15) is 71.6 Å². The van der Waals surface area contributed by atoms with E-state index >= 15 is 0 Å². The number of hydrogen-bond donors (Lipinski definition) is 1. The molecule has 2 aliphatic rings. The maximum Gasteiger partial charge on any atom is 0.0220 e. The highest BCUT2D eigenvalue weighted by Gasteiger charge is 2.29. The molecule has 2 nitrogen and oxygen atoms in total. The molecule has 2 saturated carbocycles. The third-order valence-corrected chi connectivity index (χ3v) is 5.46. The van der Waals surface area contributed by atoms with Gasteiger partial charge in [0, 0.05) is 25.2 Å². The lowest BCUT2D eigenvalue weighted by atomic mass is 9.83.